The SMILES string of the molecule is C=CC(=O)N1CCN(c2nc(=O)n(-c3c(C(C)C)cccc3S(C)(=O)=O)c3nc(-c4ncsc4N)c(F)cc23)[C@@H](C)C1. The molecule has 14 heteroatoms. The first-order chi connectivity index (χ1) is 19.8. The topological polar surface area (TPSA) is 144 Å². The largest absolute Gasteiger partial charge is 0.389 e. The van der Waals surface area contributed by atoms with Gasteiger partial charge in [-0.1, -0.05) is 32.6 Å². The monoisotopic (exact) mass is 611 g/mol. The number of benzene rings is 1. The quantitative estimate of drug-likeness (QED) is 0.325. The molecule has 0 radical (unpaired) electrons. The molecule has 11 nitrogen and oxygen atoms in total. The molecule has 0 saturated carbocycles. The van der Waals surface area contributed by atoms with E-state index in [1.807, 2.05) is 25.7 Å². The van der Waals surface area contributed by atoms with Crippen LogP contribution in [0.25, 0.3) is 28.1 Å². The van der Waals surface area contributed by atoms with Gasteiger partial charge in [0.1, 0.15) is 22.2 Å². The van der Waals surface area contributed by atoms with Crippen LogP contribution in [-0.2, 0) is 14.6 Å². The molecule has 2 N–H and O–H groups in total. The third kappa shape index (κ3) is 5.04. The average molecular weight is 612 g/mol. The highest BCUT2D eigenvalue weighted by molar-refractivity contribution is 7.90. The summed E-state index contributed by atoms with van der Waals surface area (Å²) in [6, 6.07) is 5.70. The van der Waals surface area contributed by atoms with Gasteiger partial charge in [-0.25, -0.2) is 32.1 Å². The van der Waals surface area contributed by atoms with Gasteiger partial charge >= 0.3 is 5.69 Å². The second-order valence-electron chi connectivity index (χ2n) is 10.5. The summed E-state index contributed by atoms with van der Waals surface area (Å²) in [5.74, 6) is -0.960. The van der Waals surface area contributed by atoms with Gasteiger partial charge in [0.2, 0.25) is 5.91 Å². The molecule has 4 aromatic rings. The van der Waals surface area contributed by atoms with Gasteiger partial charge in [-0.3, -0.25) is 4.79 Å². The zero-order chi connectivity index (χ0) is 30.5. The van der Waals surface area contributed by atoms with Crippen LogP contribution in [0, 0.1) is 5.82 Å². The Labute approximate surface area is 246 Å². The molecule has 1 aromatic carbocycles. The van der Waals surface area contributed by atoms with Crippen molar-refractivity contribution in [1.29, 1.82) is 0 Å². The fourth-order valence-corrected chi connectivity index (χ4v) is 6.69. The number of nitrogens with two attached hydrogens (primary N) is 1. The second kappa shape index (κ2) is 10.9. The van der Waals surface area contributed by atoms with Gasteiger partial charge in [-0.05, 0) is 36.6 Å². The number of nitrogens with zero attached hydrogens (tertiary/aromatic N) is 6. The number of piperazine rings is 1. The van der Waals surface area contributed by atoms with Crippen molar-refractivity contribution in [2.45, 2.75) is 37.6 Å². The van der Waals surface area contributed by atoms with Crippen LogP contribution in [0.5, 0.6) is 0 Å². The molecule has 42 heavy (non-hydrogen) atoms. The van der Waals surface area contributed by atoms with Gasteiger partial charge in [-0.2, -0.15) is 4.98 Å². The normalized spacial score (nSPS) is 15.9. The number of hydrogen-bond acceptors (Lipinski definition) is 10. The van der Waals surface area contributed by atoms with Crippen LogP contribution in [0.4, 0.5) is 15.2 Å². The minimum Gasteiger partial charge on any atom is -0.389 e. The summed E-state index contributed by atoms with van der Waals surface area (Å²) in [7, 11) is -3.82. The molecule has 1 amide bonds. The van der Waals surface area contributed by atoms with Crippen molar-refractivity contribution in [2.75, 3.05) is 36.5 Å². The number of thiazole rings is 1. The number of para-hydroxylation sites is 1. The number of carbonyl (C=O) groups excluding carboxylic acids is 1. The van der Waals surface area contributed by atoms with Crippen LogP contribution in [0.15, 0.2) is 52.1 Å². The number of carbonyl (C=O) groups is 1. The van der Waals surface area contributed by atoms with Gasteiger partial charge in [0.25, 0.3) is 0 Å². The molecule has 1 aliphatic rings. The van der Waals surface area contributed by atoms with E-state index in [0.717, 1.165) is 22.2 Å². The second-order valence-corrected chi connectivity index (χ2v) is 13.3. The Bertz CT molecular complexity index is 1900. The Morgan fingerprint density at radius 2 is 1.98 bits per heavy atom. The van der Waals surface area contributed by atoms with Crippen LogP contribution in [0.3, 0.4) is 0 Å². The molecule has 220 valence electrons. The highest BCUT2D eigenvalue weighted by Gasteiger charge is 2.31. The Balaban J connectivity index is 1.87. The Morgan fingerprint density at radius 3 is 2.57 bits per heavy atom. The van der Waals surface area contributed by atoms with Gasteiger partial charge in [0.15, 0.2) is 21.3 Å². The number of amides is 1. The molecule has 4 heterocycles. The maximum absolute atomic E-state index is 15.8. The Kier molecular flexibility index (Phi) is 7.62. The van der Waals surface area contributed by atoms with Crippen molar-refractivity contribution in [3.05, 3.63) is 64.3 Å². The van der Waals surface area contributed by atoms with Crippen molar-refractivity contribution in [3.8, 4) is 17.1 Å². The van der Waals surface area contributed by atoms with Crippen molar-refractivity contribution in [3.63, 3.8) is 0 Å². The number of sulfone groups is 1. The van der Waals surface area contributed by atoms with E-state index < -0.39 is 21.3 Å². The number of rotatable bonds is 6. The third-order valence-corrected chi connectivity index (χ3v) is 9.07. The number of aromatic nitrogens is 4. The Morgan fingerprint density at radius 1 is 1.24 bits per heavy atom. The molecule has 1 atom stereocenters. The first-order valence-electron chi connectivity index (χ1n) is 13.2. The van der Waals surface area contributed by atoms with Gasteiger partial charge in [-0.15, -0.1) is 11.3 Å². The fourth-order valence-electron chi connectivity index (χ4n) is 5.27. The number of halogens is 1. The van der Waals surface area contributed by atoms with Crippen LogP contribution >= 0.6 is 11.3 Å². The molecule has 0 spiro atoms. The van der Waals surface area contributed by atoms with Crippen LogP contribution in [0.1, 0.15) is 32.3 Å². The lowest BCUT2D eigenvalue weighted by molar-refractivity contribution is -0.126. The smallest absolute Gasteiger partial charge is 0.355 e. The van der Waals surface area contributed by atoms with E-state index in [1.165, 1.54) is 23.7 Å². The summed E-state index contributed by atoms with van der Waals surface area (Å²) in [6.07, 6.45) is 2.30. The molecule has 1 aliphatic heterocycles. The lowest BCUT2D eigenvalue weighted by atomic mass is 10.0. The van der Waals surface area contributed by atoms with E-state index in [-0.39, 0.29) is 61.7 Å². The van der Waals surface area contributed by atoms with E-state index >= 15 is 4.39 Å². The van der Waals surface area contributed by atoms with E-state index in [2.05, 4.69) is 21.5 Å². The van der Waals surface area contributed by atoms with E-state index in [0.29, 0.717) is 25.2 Å². The molecule has 3 aromatic heterocycles. The van der Waals surface area contributed by atoms with Gasteiger partial charge < -0.3 is 15.5 Å². The van der Waals surface area contributed by atoms with Crippen molar-refractivity contribution in [1.82, 2.24) is 24.4 Å². The zero-order valence-electron chi connectivity index (χ0n) is 23.5. The summed E-state index contributed by atoms with van der Waals surface area (Å²) in [6.45, 7) is 10.1. The minimum atomic E-state index is -3.82. The number of anilines is 2. The first-order valence-corrected chi connectivity index (χ1v) is 15.9. The van der Waals surface area contributed by atoms with Gasteiger partial charge in [0, 0.05) is 31.9 Å². The molecule has 0 bridgehead atoms. The number of fused-ring (bicyclic) bond motifs is 1. The van der Waals surface area contributed by atoms with E-state index in [1.54, 1.807) is 17.0 Å². The average Bonchev–Trinajstić information content (AvgIpc) is 3.36. The molecular weight excluding hydrogens is 581 g/mol. The highest BCUT2D eigenvalue weighted by Crippen LogP contribution is 2.36. The summed E-state index contributed by atoms with van der Waals surface area (Å²) in [5, 5.41) is 0.429. The van der Waals surface area contributed by atoms with Crippen molar-refractivity contribution >= 4 is 48.9 Å². The zero-order valence-corrected chi connectivity index (χ0v) is 25.2. The van der Waals surface area contributed by atoms with E-state index in [9.17, 15) is 18.0 Å². The lowest BCUT2D eigenvalue weighted by Gasteiger charge is -2.40. The standard InChI is InChI=1S/C28H30FN7O4S2/c1-6-21(37)34-10-11-35(16(4)13-34)26-18-12-19(29)22(23-25(30)41-14-31-23)32-27(18)36(28(38)33-26)24-17(15(2)3)8-7-9-20(24)42(5,39)40/h6-9,12,14-16H,1,10-11,13,30H2,2-5H3/t16-/m0/s1. The maximum atomic E-state index is 15.8. The third-order valence-electron chi connectivity index (χ3n) is 7.28. The summed E-state index contributed by atoms with van der Waals surface area (Å²) in [5.41, 5.74) is 7.35. The van der Waals surface area contributed by atoms with Crippen LogP contribution in [-0.4, -0.2) is 70.7 Å². The Hall–Kier alpha value is -4.17. The number of pyridine rings is 1. The van der Waals surface area contributed by atoms with Crippen molar-refractivity contribution in [2.24, 2.45) is 0 Å². The number of nitrogen functional groups attached to an aromatic ring is 1. The first kappa shape index (κ1) is 29.3. The van der Waals surface area contributed by atoms with Crippen LogP contribution < -0.4 is 16.3 Å². The maximum Gasteiger partial charge on any atom is 0.355 e. The van der Waals surface area contributed by atoms with Crippen LogP contribution in [0.2, 0.25) is 0 Å². The molecule has 1 fully saturated rings. The number of hydrogen-bond donors (Lipinski definition) is 1. The molecule has 0 unspecified atom stereocenters. The minimum absolute atomic E-state index is 0.00333. The summed E-state index contributed by atoms with van der Waals surface area (Å²) >= 11 is 1.11. The lowest BCUT2D eigenvalue weighted by Crippen LogP contribution is -2.54. The predicted octanol–water partition coefficient (Wildman–Crippen LogP) is 3.38. The highest BCUT2D eigenvalue weighted by atomic mass is 32.2. The summed E-state index contributed by atoms with van der Waals surface area (Å²) in [4.78, 5) is 42.8. The summed E-state index contributed by atoms with van der Waals surface area (Å²) < 4.78 is 42.9. The van der Waals surface area contributed by atoms with Gasteiger partial charge in [0.05, 0.1) is 21.5 Å². The molecule has 1 saturated heterocycles. The molecule has 5 rings (SSSR count). The molecule has 0 aliphatic carbocycles. The van der Waals surface area contributed by atoms with Crippen molar-refractivity contribution < 1.29 is 17.6 Å². The predicted molar refractivity (Wildman–Crippen MR) is 161 cm³/mol. The molecular formula is C28H30FN7O4S2. The van der Waals surface area contributed by atoms with E-state index in [4.69, 9.17) is 5.73 Å². The fraction of sp³-hybridized carbons (Fsp3) is 0.321.